The van der Waals surface area contributed by atoms with Gasteiger partial charge >= 0.3 is 11.9 Å². The molecule has 0 saturated carbocycles. The lowest BCUT2D eigenvalue weighted by atomic mass is 10.1. The fourth-order valence-electron chi connectivity index (χ4n) is 8.41. The van der Waals surface area contributed by atoms with Crippen LogP contribution >= 0.6 is 0 Å². The first-order chi connectivity index (χ1) is 34.6. The molecule has 0 rings (SSSR count). The number of hydrogen-bond donors (Lipinski definition) is 0. The largest absolute Gasteiger partial charge is 0.462 e. The van der Waals surface area contributed by atoms with E-state index in [0.717, 1.165) is 89.9 Å². The van der Waals surface area contributed by atoms with E-state index < -0.39 is 6.10 Å². The molecule has 0 aromatic carbocycles. The quantitative estimate of drug-likeness (QED) is 0.0345. The highest BCUT2D eigenvalue weighted by Crippen LogP contribution is 2.15. The van der Waals surface area contributed by atoms with E-state index in [1.54, 1.807) is 0 Å². The van der Waals surface area contributed by atoms with Crippen molar-refractivity contribution in [2.75, 3.05) is 19.8 Å². The van der Waals surface area contributed by atoms with Gasteiger partial charge in [-0.15, -0.1) is 0 Å². The molecule has 1 unspecified atom stereocenters. The van der Waals surface area contributed by atoms with Crippen LogP contribution in [-0.2, 0) is 23.8 Å². The van der Waals surface area contributed by atoms with Crippen molar-refractivity contribution < 1.29 is 23.8 Å². The van der Waals surface area contributed by atoms with Gasteiger partial charge in [-0.25, -0.2) is 0 Å². The molecular weight excluding hydrogens is 861 g/mol. The highest BCUT2D eigenvalue weighted by molar-refractivity contribution is 5.70. The summed E-state index contributed by atoms with van der Waals surface area (Å²) in [5, 5.41) is 0. The molecular formula is C65H114O5. The van der Waals surface area contributed by atoms with E-state index in [0.29, 0.717) is 19.4 Å². The van der Waals surface area contributed by atoms with Crippen LogP contribution in [0.1, 0.15) is 290 Å². The minimum Gasteiger partial charge on any atom is -0.462 e. The Kier molecular flexibility index (Phi) is 57.9. The summed E-state index contributed by atoms with van der Waals surface area (Å²) in [6.45, 7) is 7.68. The first-order valence-electron chi connectivity index (χ1n) is 30.1. The normalized spacial score (nSPS) is 12.8. The van der Waals surface area contributed by atoms with E-state index in [2.05, 4.69) is 106 Å². The smallest absolute Gasteiger partial charge is 0.306 e. The highest BCUT2D eigenvalue weighted by Gasteiger charge is 2.17. The Labute approximate surface area is 435 Å². The number of allylic oxidation sites excluding steroid dienone is 14. The lowest BCUT2D eigenvalue weighted by molar-refractivity contribution is -0.163. The van der Waals surface area contributed by atoms with E-state index in [-0.39, 0.29) is 25.2 Å². The van der Waals surface area contributed by atoms with Crippen LogP contribution in [0.25, 0.3) is 0 Å². The summed E-state index contributed by atoms with van der Waals surface area (Å²) in [5.74, 6) is -0.412. The fraction of sp³-hybridized carbons (Fsp3) is 0.754. The fourth-order valence-corrected chi connectivity index (χ4v) is 8.41. The van der Waals surface area contributed by atoms with Gasteiger partial charge in [0.15, 0.2) is 6.10 Å². The molecule has 0 aromatic rings. The van der Waals surface area contributed by atoms with Crippen molar-refractivity contribution in [2.24, 2.45) is 0 Å². The summed E-state index contributed by atoms with van der Waals surface area (Å²) in [6, 6.07) is 0. The Morgan fingerprint density at radius 1 is 0.329 bits per heavy atom. The predicted octanol–water partition coefficient (Wildman–Crippen LogP) is 20.8. The summed E-state index contributed by atoms with van der Waals surface area (Å²) in [4.78, 5) is 25.6. The van der Waals surface area contributed by atoms with E-state index in [9.17, 15) is 9.59 Å². The Balaban J connectivity index is 4.32. The van der Waals surface area contributed by atoms with E-state index >= 15 is 0 Å². The van der Waals surface area contributed by atoms with Crippen molar-refractivity contribution in [2.45, 2.75) is 297 Å². The zero-order chi connectivity index (χ0) is 50.6. The minimum absolute atomic E-state index is 0.0720. The Bertz CT molecular complexity index is 1290. The topological polar surface area (TPSA) is 61.8 Å². The van der Waals surface area contributed by atoms with Crippen molar-refractivity contribution >= 4 is 11.9 Å². The van der Waals surface area contributed by atoms with Gasteiger partial charge in [-0.1, -0.05) is 247 Å². The van der Waals surface area contributed by atoms with E-state index in [1.807, 2.05) is 0 Å². The van der Waals surface area contributed by atoms with Crippen LogP contribution in [-0.4, -0.2) is 37.9 Å². The number of esters is 2. The second-order valence-corrected chi connectivity index (χ2v) is 19.9. The van der Waals surface area contributed by atoms with Crippen LogP contribution in [0.4, 0.5) is 0 Å². The van der Waals surface area contributed by atoms with Crippen LogP contribution in [0.2, 0.25) is 0 Å². The van der Waals surface area contributed by atoms with Gasteiger partial charge in [0.2, 0.25) is 0 Å². The third kappa shape index (κ3) is 57.7. The number of carbonyl (C=O) groups excluding carboxylic acids is 2. The van der Waals surface area contributed by atoms with Crippen LogP contribution < -0.4 is 0 Å². The maximum Gasteiger partial charge on any atom is 0.306 e. The van der Waals surface area contributed by atoms with Crippen molar-refractivity contribution in [3.8, 4) is 0 Å². The standard InChI is InChI=1S/C65H114O5/c1-4-7-10-13-16-19-22-25-28-31-32-33-36-39-42-45-48-51-54-57-60-68-61-63(70-65(67)59-56-53-50-47-44-41-38-35-30-27-24-21-18-15-12-9-6-3)62-69-64(66)58-55-52-49-46-43-40-37-34-29-26-23-20-17-14-11-8-5-2/h8,11,16-17,19-20,25-30,32-33,63H,4-7,9-10,12-15,18,21-24,31,34-62H2,1-3H3/b11-8-,19-16-,20-17-,28-25-,29-26-,30-27-,33-32-. The molecule has 5 nitrogen and oxygen atoms in total. The molecule has 5 heteroatoms. The average molecular weight is 976 g/mol. The molecule has 0 bridgehead atoms. The Morgan fingerprint density at radius 2 is 0.643 bits per heavy atom. The molecule has 1 atom stereocenters. The SMILES string of the molecule is CC/C=C\C/C=C\C/C=C\CCCCCCCCCC(=O)OCC(COCCCCCCCCC/C=C\C/C=C\C/C=C\CCCCC)OC(=O)CCCCCCCCC/C=C\CCCCCCCC. The van der Waals surface area contributed by atoms with Gasteiger partial charge in [0.1, 0.15) is 6.61 Å². The third-order valence-electron chi connectivity index (χ3n) is 12.9. The highest BCUT2D eigenvalue weighted by atomic mass is 16.6. The maximum atomic E-state index is 12.9. The monoisotopic (exact) mass is 975 g/mol. The number of hydrogen-bond acceptors (Lipinski definition) is 5. The third-order valence-corrected chi connectivity index (χ3v) is 12.9. The van der Waals surface area contributed by atoms with E-state index in [1.165, 1.54) is 167 Å². The molecule has 0 N–H and O–H groups in total. The second-order valence-electron chi connectivity index (χ2n) is 19.9. The van der Waals surface area contributed by atoms with Gasteiger partial charge in [-0.2, -0.15) is 0 Å². The lowest BCUT2D eigenvalue weighted by Crippen LogP contribution is -2.30. The lowest BCUT2D eigenvalue weighted by Gasteiger charge is -2.18. The molecule has 0 aromatic heterocycles. The van der Waals surface area contributed by atoms with Crippen LogP contribution in [0.3, 0.4) is 0 Å². The summed E-state index contributed by atoms with van der Waals surface area (Å²) in [5.41, 5.74) is 0. The van der Waals surface area contributed by atoms with Crippen molar-refractivity contribution in [3.05, 3.63) is 85.1 Å². The summed E-state index contributed by atoms with van der Waals surface area (Å²) in [6.07, 6.45) is 80.3. The molecule has 404 valence electrons. The van der Waals surface area contributed by atoms with Crippen molar-refractivity contribution in [1.82, 2.24) is 0 Å². The zero-order valence-corrected chi connectivity index (χ0v) is 46.5. The van der Waals surface area contributed by atoms with Gasteiger partial charge < -0.3 is 14.2 Å². The molecule has 0 spiro atoms. The Hall–Kier alpha value is -2.92. The summed E-state index contributed by atoms with van der Waals surface area (Å²) >= 11 is 0. The van der Waals surface area contributed by atoms with Gasteiger partial charge in [-0.3, -0.25) is 9.59 Å². The predicted molar refractivity (Wildman–Crippen MR) is 307 cm³/mol. The Morgan fingerprint density at radius 3 is 1.07 bits per heavy atom. The molecule has 0 aliphatic rings. The van der Waals surface area contributed by atoms with Crippen molar-refractivity contribution in [1.29, 1.82) is 0 Å². The number of carbonyl (C=O) groups is 2. The molecule has 0 saturated heterocycles. The van der Waals surface area contributed by atoms with Crippen molar-refractivity contribution in [3.63, 3.8) is 0 Å². The molecule has 0 aliphatic carbocycles. The number of unbranched alkanes of at least 4 members (excludes halogenated alkanes) is 30. The molecule has 0 aliphatic heterocycles. The average Bonchev–Trinajstić information content (AvgIpc) is 3.36. The number of rotatable bonds is 55. The first-order valence-corrected chi connectivity index (χ1v) is 30.1. The van der Waals surface area contributed by atoms with Crippen LogP contribution in [0.5, 0.6) is 0 Å². The second kappa shape index (κ2) is 60.4. The molecule has 0 heterocycles. The maximum absolute atomic E-state index is 12.9. The minimum atomic E-state index is -0.553. The van der Waals surface area contributed by atoms with Crippen LogP contribution in [0, 0.1) is 0 Å². The molecule has 0 amide bonds. The number of ether oxygens (including phenoxy) is 3. The van der Waals surface area contributed by atoms with Gasteiger partial charge in [-0.05, 0) is 116 Å². The molecule has 0 radical (unpaired) electrons. The summed E-state index contributed by atoms with van der Waals surface area (Å²) in [7, 11) is 0. The summed E-state index contributed by atoms with van der Waals surface area (Å²) < 4.78 is 17.5. The van der Waals surface area contributed by atoms with Gasteiger partial charge in [0, 0.05) is 19.4 Å². The molecule has 0 fully saturated rings. The van der Waals surface area contributed by atoms with Crippen LogP contribution in [0.15, 0.2) is 85.1 Å². The molecule has 70 heavy (non-hydrogen) atoms. The van der Waals surface area contributed by atoms with Gasteiger partial charge in [0.25, 0.3) is 0 Å². The first kappa shape index (κ1) is 67.1. The van der Waals surface area contributed by atoms with Gasteiger partial charge in [0.05, 0.1) is 6.61 Å². The zero-order valence-electron chi connectivity index (χ0n) is 46.5. The van der Waals surface area contributed by atoms with E-state index in [4.69, 9.17) is 14.2 Å².